The van der Waals surface area contributed by atoms with E-state index in [0.717, 1.165) is 24.2 Å². The summed E-state index contributed by atoms with van der Waals surface area (Å²) in [5.41, 5.74) is 1.62. The van der Waals surface area contributed by atoms with Gasteiger partial charge in [-0.15, -0.1) is 12.4 Å². The molecule has 11 heavy (non-hydrogen) atoms. The molecule has 0 aliphatic carbocycles. The highest BCUT2D eigenvalue weighted by atomic mass is 35.5. The molecule has 60 valence electrons. The average molecular weight is 175 g/mol. The van der Waals surface area contributed by atoms with Gasteiger partial charge in [0.15, 0.2) is 0 Å². The van der Waals surface area contributed by atoms with Crippen LogP contribution in [0.3, 0.4) is 0 Å². The predicted octanol–water partition coefficient (Wildman–Crippen LogP) is 1.61. The molecule has 1 aliphatic heterocycles. The zero-order valence-electron chi connectivity index (χ0n) is 5.80. The van der Waals surface area contributed by atoms with Gasteiger partial charge in [0.1, 0.15) is 0 Å². The molecule has 0 amide bonds. The molecule has 2 heterocycles. The van der Waals surface area contributed by atoms with Crippen LogP contribution in [0.5, 0.6) is 0 Å². The predicted molar refractivity (Wildman–Crippen MR) is 43.6 cm³/mol. The van der Waals surface area contributed by atoms with Crippen molar-refractivity contribution in [3.63, 3.8) is 0 Å². The highest BCUT2D eigenvalue weighted by molar-refractivity contribution is 5.85. The van der Waals surface area contributed by atoms with E-state index in [1.807, 2.05) is 0 Å². The molecule has 1 N–H and O–H groups in total. The van der Waals surface area contributed by atoms with Gasteiger partial charge in [0.2, 0.25) is 5.95 Å². The van der Waals surface area contributed by atoms with Gasteiger partial charge in [-0.05, 0) is 12.5 Å². The van der Waals surface area contributed by atoms with Crippen LogP contribution in [0.15, 0.2) is 12.3 Å². The van der Waals surface area contributed by atoms with Gasteiger partial charge in [0.05, 0.1) is 0 Å². The van der Waals surface area contributed by atoms with Gasteiger partial charge in [-0.25, -0.2) is 4.98 Å². The standard InChI is InChI=1S/C7H7FN2.ClH/c8-7-5-1-3-9-6(5)2-4-10-7;/h2,4,9H,1,3H2;1H. The quantitative estimate of drug-likeness (QED) is 0.605. The summed E-state index contributed by atoms with van der Waals surface area (Å²) in [7, 11) is 0. The fourth-order valence-electron chi connectivity index (χ4n) is 1.19. The first kappa shape index (κ1) is 8.27. The van der Waals surface area contributed by atoms with E-state index in [2.05, 4.69) is 10.3 Å². The summed E-state index contributed by atoms with van der Waals surface area (Å²) in [6.07, 6.45) is 2.24. The van der Waals surface area contributed by atoms with E-state index in [1.54, 1.807) is 6.07 Å². The number of hydrogen-bond acceptors (Lipinski definition) is 2. The Kier molecular flexibility index (Phi) is 2.29. The summed E-state index contributed by atoms with van der Waals surface area (Å²) in [5, 5.41) is 3.06. The van der Waals surface area contributed by atoms with E-state index in [-0.39, 0.29) is 18.4 Å². The summed E-state index contributed by atoms with van der Waals surface area (Å²) >= 11 is 0. The molecule has 1 aromatic heterocycles. The van der Waals surface area contributed by atoms with Gasteiger partial charge in [-0.2, -0.15) is 4.39 Å². The maximum atomic E-state index is 12.7. The van der Waals surface area contributed by atoms with Crippen molar-refractivity contribution in [2.45, 2.75) is 6.42 Å². The molecular weight excluding hydrogens is 167 g/mol. The van der Waals surface area contributed by atoms with Gasteiger partial charge in [0, 0.05) is 24.0 Å². The molecule has 0 saturated carbocycles. The van der Waals surface area contributed by atoms with Crippen LogP contribution in [-0.2, 0) is 6.42 Å². The van der Waals surface area contributed by atoms with Gasteiger partial charge in [-0.1, -0.05) is 0 Å². The van der Waals surface area contributed by atoms with Crippen LogP contribution in [0.4, 0.5) is 10.1 Å². The lowest BCUT2D eigenvalue weighted by atomic mass is 10.2. The molecule has 0 bridgehead atoms. The van der Waals surface area contributed by atoms with E-state index in [1.165, 1.54) is 6.20 Å². The van der Waals surface area contributed by atoms with Crippen molar-refractivity contribution in [3.8, 4) is 0 Å². The molecule has 0 saturated heterocycles. The Morgan fingerprint density at radius 3 is 3.09 bits per heavy atom. The Labute approximate surface area is 70.2 Å². The summed E-state index contributed by atoms with van der Waals surface area (Å²) in [4.78, 5) is 3.54. The van der Waals surface area contributed by atoms with Crippen LogP contribution < -0.4 is 5.32 Å². The van der Waals surface area contributed by atoms with Gasteiger partial charge >= 0.3 is 0 Å². The fourth-order valence-corrected chi connectivity index (χ4v) is 1.19. The van der Waals surface area contributed by atoms with E-state index >= 15 is 0 Å². The number of aromatic nitrogens is 1. The first-order valence-corrected chi connectivity index (χ1v) is 3.25. The molecule has 1 aromatic rings. The van der Waals surface area contributed by atoms with Crippen molar-refractivity contribution in [2.24, 2.45) is 0 Å². The molecule has 0 radical (unpaired) electrons. The molecule has 0 spiro atoms. The van der Waals surface area contributed by atoms with Crippen LogP contribution >= 0.6 is 12.4 Å². The van der Waals surface area contributed by atoms with Crippen molar-refractivity contribution >= 4 is 18.1 Å². The minimum absolute atomic E-state index is 0. The number of fused-ring (bicyclic) bond motifs is 1. The van der Waals surface area contributed by atoms with E-state index in [9.17, 15) is 4.39 Å². The Morgan fingerprint density at radius 2 is 2.36 bits per heavy atom. The fraction of sp³-hybridized carbons (Fsp3) is 0.286. The van der Waals surface area contributed by atoms with Gasteiger partial charge in [-0.3, -0.25) is 0 Å². The Bertz CT molecular complexity index is 265. The van der Waals surface area contributed by atoms with Crippen molar-refractivity contribution < 1.29 is 4.39 Å². The summed E-state index contributed by atoms with van der Waals surface area (Å²) < 4.78 is 12.7. The van der Waals surface area contributed by atoms with Gasteiger partial charge < -0.3 is 5.32 Å². The Hall–Kier alpha value is -0.830. The minimum Gasteiger partial charge on any atom is -0.384 e. The minimum atomic E-state index is -0.331. The lowest BCUT2D eigenvalue weighted by Crippen LogP contribution is -1.90. The van der Waals surface area contributed by atoms with Crippen LogP contribution in [0, 0.1) is 5.95 Å². The molecule has 0 unspecified atom stereocenters. The van der Waals surface area contributed by atoms with Crippen molar-refractivity contribution in [3.05, 3.63) is 23.8 Å². The lowest BCUT2D eigenvalue weighted by molar-refractivity contribution is 0.572. The molecule has 2 nitrogen and oxygen atoms in total. The second-order valence-corrected chi connectivity index (χ2v) is 2.30. The Morgan fingerprint density at radius 1 is 1.55 bits per heavy atom. The van der Waals surface area contributed by atoms with Crippen molar-refractivity contribution in [2.75, 3.05) is 11.9 Å². The summed E-state index contributed by atoms with van der Waals surface area (Å²) in [5.74, 6) is -0.331. The second-order valence-electron chi connectivity index (χ2n) is 2.30. The molecule has 4 heteroatoms. The molecule has 0 fully saturated rings. The molecule has 0 aromatic carbocycles. The molecule has 1 aliphatic rings. The smallest absolute Gasteiger partial charge is 0.218 e. The third-order valence-electron chi connectivity index (χ3n) is 1.69. The zero-order chi connectivity index (χ0) is 6.97. The average Bonchev–Trinajstić information content (AvgIpc) is 2.36. The first-order valence-electron chi connectivity index (χ1n) is 3.25. The maximum Gasteiger partial charge on any atom is 0.218 e. The second kappa shape index (κ2) is 3.05. The topological polar surface area (TPSA) is 24.9 Å². The number of anilines is 1. The largest absolute Gasteiger partial charge is 0.384 e. The summed E-state index contributed by atoms with van der Waals surface area (Å²) in [6, 6.07) is 1.80. The molecule has 2 rings (SSSR count). The van der Waals surface area contributed by atoms with Crippen molar-refractivity contribution in [1.29, 1.82) is 0 Å². The number of nitrogens with zero attached hydrogens (tertiary/aromatic N) is 1. The highest BCUT2D eigenvalue weighted by Crippen LogP contribution is 2.21. The Balaban J connectivity index is 0.000000605. The van der Waals surface area contributed by atoms with E-state index in [4.69, 9.17) is 0 Å². The van der Waals surface area contributed by atoms with E-state index in [0.29, 0.717) is 0 Å². The van der Waals surface area contributed by atoms with Crippen LogP contribution in [0.25, 0.3) is 0 Å². The van der Waals surface area contributed by atoms with Gasteiger partial charge in [0.25, 0.3) is 0 Å². The summed E-state index contributed by atoms with van der Waals surface area (Å²) in [6.45, 7) is 0.831. The third-order valence-corrected chi connectivity index (χ3v) is 1.69. The zero-order valence-corrected chi connectivity index (χ0v) is 6.62. The number of rotatable bonds is 0. The molecule has 0 atom stereocenters. The van der Waals surface area contributed by atoms with Crippen molar-refractivity contribution in [1.82, 2.24) is 4.98 Å². The lowest BCUT2D eigenvalue weighted by Gasteiger charge is -1.96. The normalized spacial score (nSPS) is 13.2. The number of pyridine rings is 1. The maximum absolute atomic E-state index is 12.7. The number of hydrogen-bond donors (Lipinski definition) is 1. The SMILES string of the molecule is Cl.Fc1nccc2c1CCN2. The van der Waals surface area contributed by atoms with E-state index < -0.39 is 0 Å². The number of halogens is 2. The number of nitrogens with one attached hydrogen (secondary N) is 1. The highest BCUT2D eigenvalue weighted by Gasteiger charge is 2.13. The monoisotopic (exact) mass is 174 g/mol. The van der Waals surface area contributed by atoms with Crippen LogP contribution in [-0.4, -0.2) is 11.5 Å². The first-order chi connectivity index (χ1) is 4.88. The molecular formula is C7H8ClFN2. The van der Waals surface area contributed by atoms with Crippen LogP contribution in [0.2, 0.25) is 0 Å². The van der Waals surface area contributed by atoms with Crippen LogP contribution in [0.1, 0.15) is 5.56 Å². The third kappa shape index (κ3) is 1.28.